The van der Waals surface area contributed by atoms with Crippen molar-refractivity contribution in [1.29, 1.82) is 0 Å². The predicted octanol–water partition coefficient (Wildman–Crippen LogP) is 2.25. The number of amides is 3. The number of aryl methyl sites for hydroxylation is 1. The van der Waals surface area contributed by atoms with Gasteiger partial charge < -0.3 is 16.2 Å². The van der Waals surface area contributed by atoms with Crippen LogP contribution in [0.25, 0.3) is 0 Å². The molecule has 3 rings (SSSR count). The second-order valence-electron chi connectivity index (χ2n) is 6.31. The Morgan fingerprint density at radius 2 is 2.07 bits per heavy atom. The summed E-state index contributed by atoms with van der Waals surface area (Å²) < 4.78 is 13.1. The maximum Gasteiger partial charge on any atom is 0.327 e. The van der Waals surface area contributed by atoms with E-state index in [4.69, 9.17) is 10.8 Å². The summed E-state index contributed by atoms with van der Waals surface area (Å²) in [6.07, 6.45) is 1.52. The highest BCUT2D eigenvalue weighted by Crippen LogP contribution is 2.21. The summed E-state index contributed by atoms with van der Waals surface area (Å²) in [5, 5.41) is 11.3. The summed E-state index contributed by atoms with van der Waals surface area (Å²) in [7, 11) is 0. The van der Waals surface area contributed by atoms with Crippen molar-refractivity contribution < 1.29 is 23.9 Å². The number of anilines is 1. The van der Waals surface area contributed by atoms with E-state index in [1.807, 2.05) is 19.1 Å². The highest BCUT2D eigenvalue weighted by molar-refractivity contribution is 6.05. The number of carboxylic acids is 1. The number of hydrogen-bond donors (Lipinski definition) is 3. The minimum absolute atomic E-state index is 0.183. The molecule has 0 spiro atoms. The second kappa shape index (κ2) is 8.94. The smallest absolute Gasteiger partial charge is 0.327 e. The highest BCUT2D eigenvalue weighted by Gasteiger charge is 2.45. The number of β-lactam (4-membered cyclic amide) rings is 1. The van der Waals surface area contributed by atoms with Crippen molar-refractivity contribution in [3.8, 4) is 0 Å². The van der Waals surface area contributed by atoms with Crippen molar-refractivity contribution in [2.24, 2.45) is 0 Å². The third-order valence-electron chi connectivity index (χ3n) is 4.08. The molecule has 28 heavy (non-hydrogen) atoms. The van der Waals surface area contributed by atoms with Crippen LogP contribution in [-0.2, 0) is 9.59 Å². The molecule has 2 heterocycles. The quantitative estimate of drug-likeness (QED) is 0.693. The maximum absolute atomic E-state index is 13.1. The number of carbonyl (C=O) groups is 3. The van der Waals surface area contributed by atoms with E-state index in [1.165, 1.54) is 18.2 Å². The number of pyridine rings is 1. The van der Waals surface area contributed by atoms with Crippen molar-refractivity contribution in [3.05, 3.63) is 59.5 Å². The summed E-state index contributed by atoms with van der Waals surface area (Å²) in [6, 6.07) is 6.96. The number of nitrogen functional groups attached to an aromatic ring is 1. The first-order valence-corrected chi connectivity index (χ1v) is 8.48. The molecular weight excluding hydrogens is 367 g/mol. The molecule has 1 fully saturated rings. The van der Waals surface area contributed by atoms with Crippen molar-refractivity contribution in [2.45, 2.75) is 32.4 Å². The Bertz CT molecular complexity index is 872. The number of benzene rings is 1. The van der Waals surface area contributed by atoms with Crippen LogP contribution in [0, 0.1) is 12.7 Å². The number of rotatable bonds is 3. The van der Waals surface area contributed by atoms with E-state index in [0.29, 0.717) is 16.3 Å². The molecule has 2 unspecified atom stereocenters. The average Bonchev–Trinajstić information content (AvgIpc) is 2.59. The predicted molar refractivity (Wildman–Crippen MR) is 99.6 cm³/mol. The lowest BCUT2D eigenvalue weighted by molar-refractivity contribution is -0.157. The van der Waals surface area contributed by atoms with Gasteiger partial charge in [-0.2, -0.15) is 0 Å². The van der Waals surface area contributed by atoms with E-state index in [1.54, 1.807) is 19.2 Å². The largest absolute Gasteiger partial charge is 0.480 e. The SMILES string of the molecule is CC(NC(=O)N1C(=O)CC1C(=O)O)c1cccc(F)c1.Cc1ccnc(N)c1. The number of imide groups is 1. The van der Waals surface area contributed by atoms with E-state index in [-0.39, 0.29) is 6.42 Å². The van der Waals surface area contributed by atoms with E-state index in [9.17, 15) is 18.8 Å². The highest BCUT2D eigenvalue weighted by atomic mass is 19.1. The first-order valence-electron chi connectivity index (χ1n) is 8.48. The van der Waals surface area contributed by atoms with Gasteiger partial charge in [-0.1, -0.05) is 12.1 Å². The molecule has 0 radical (unpaired) electrons. The van der Waals surface area contributed by atoms with Gasteiger partial charge in [-0.05, 0) is 49.2 Å². The van der Waals surface area contributed by atoms with Gasteiger partial charge in [0.1, 0.15) is 17.7 Å². The fourth-order valence-electron chi connectivity index (χ4n) is 2.54. The number of nitrogens with two attached hydrogens (primary N) is 1. The van der Waals surface area contributed by atoms with Crippen LogP contribution in [0.1, 0.15) is 30.5 Å². The third-order valence-corrected chi connectivity index (χ3v) is 4.08. The number of aromatic nitrogens is 1. The van der Waals surface area contributed by atoms with E-state index in [0.717, 1.165) is 5.56 Å². The van der Waals surface area contributed by atoms with E-state index < -0.39 is 35.8 Å². The summed E-state index contributed by atoms with van der Waals surface area (Å²) in [6.45, 7) is 3.60. The maximum atomic E-state index is 13.1. The minimum Gasteiger partial charge on any atom is -0.480 e. The Balaban J connectivity index is 0.000000292. The summed E-state index contributed by atoms with van der Waals surface area (Å²) >= 11 is 0. The van der Waals surface area contributed by atoms with Gasteiger partial charge >= 0.3 is 12.0 Å². The van der Waals surface area contributed by atoms with Crippen LogP contribution in [0.4, 0.5) is 15.0 Å². The molecule has 2 atom stereocenters. The molecule has 148 valence electrons. The van der Waals surface area contributed by atoms with Gasteiger partial charge in [0.25, 0.3) is 0 Å². The Kier molecular flexibility index (Phi) is 6.64. The zero-order valence-corrected chi connectivity index (χ0v) is 15.4. The van der Waals surface area contributed by atoms with Gasteiger partial charge in [-0.15, -0.1) is 0 Å². The lowest BCUT2D eigenvalue weighted by Gasteiger charge is -2.36. The molecule has 1 aromatic carbocycles. The third kappa shape index (κ3) is 5.26. The molecule has 8 nitrogen and oxygen atoms in total. The molecule has 0 saturated carbocycles. The summed E-state index contributed by atoms with van der Waals surface area (Å²) in [5.41, 5.74) is 7.02. The number of urea groups is 1. The molecule has 0 aliphatic carbocycles. The number of carbonyl (C=O) groups excluding carboxylic acids is 2. The standard InChI is InChI=1S/C13H13FN2O4.C6H8N2/c1-7(8-3-2-4-9(14)5-8)15-13(20)16-10(12(18)19)6-11(16)17;1-5-2-3-8-6(7)4-5/h2-5,7,10H,6H2,1H3,(H,15,20)(H,18,19);2-4H,1H3,(H2,7,8). The van der Waals surface area contributed by atoms with Gasteiger partial charge in [-0.25, -0.2) is 23.9 Å². The molecule has 1 saturated heterocycles. The normalized spacial score (nSPS) is 16.3. The van der Waals surface area contributed by atoms with Gasteiger partial charge in [0.15, 0.2) is 0 Å². The number of halogens is 1. The number of nitrogens with zero attached hydrogens (tertiary/aromatic N) is 2. The van der Waals surface area contributed by atoms with Crippen LogP contribution < -0.4 is 11.1 Å². The lowest BCUT2D eigenvalue weighted by atomic mass is 10.0. The molecule has 1 aliphatic rings. The van der Waals surface area contributed by atoms with Crippen molar-refractivity contribution in [3.63, 3.8) is 0 Å². The van der Waals surface area contributed by atoms with E-state index >= 15 is 0 Å². The van der Waals surface area contributed by atoms with Crippen LogP contribution in [0.3, 0.4) is 0 Å². The molecular formula is C19H21FN4O4. The van der Waals surface area contributed by atoms with Crippen LogP contribution in [-0.4, -0.2) is 38.9 Å². The zero-order valence-electron chi connectivity index (χ0n) is 15.4. The van der Waals surface area contributed by atoms with Gasteiger partial charge in [0, 0.05) is 6.20 Å². The van der Waals surface area contributed by atoms with Crippen molar-refractivity contribution >= 4 is 23.7 Å². The molecule has 3 amide bonds. The second-order valence-corrected chi connectivity index (χ2v) is 6.31. The summed E-state index contributed by atoms with van der Waals surface area (Å²) in [5.74, 6) is -1.61. The van der Waals surface area contributed by atoms with Gasteiger partial charge in [0.2, 0.25) is 5.91 Å². The Morgan fingerprint density at radius 1 is 1.36 bits per heavy atom. The Hall–Kier alpha value is -3.49. The number of nitrogens with one attached hydrogen (secondary N) is 1. The molecule has 4 N–H and O–H groups in total. The minimum atomic E-state index is -1.22. The van der Waals surface area contributed by atoms with Gasteiger partial charge in [-0.3, -0.25) is 4.79 Å². The lowest BCUT2D eigenvalue weighted by Crippen LogP contribution is -2.61. The summed E-state index contributed by atoms with van der Waals surface area (Å²) in [4.78, 5) is 38.5. The molecule has 0 bridgehead atoms. The first kappa shape index (κ1) is 20.8. The number of hydrogen-bond acceptors (Lipinski definition) is 5. The van der Waals surface area contributed by atoms with Crippen LogP contribution >= 0.6 is 0 Å². The number of aliphatic carboxylic acids is 1. The zero-order chi connectivity index (χ0) is 20.8. The van der Waals surface area contributed by atoms with Crippen LogP contribution in [0.2, 0.25) is 0 Å². The van der Waals surface area contributed by atoms with Crippen molar-refractivity contribution in [1.82, 2.24) is 15.2 Å². The van der Waals surface area contributed by atoms with Gasteiger partial charge in [0.05, 0.1) is 12.5 Å². The van der Waals surface area contributed by atoms with Crippen LogP contribution in [0.15, 0.2) is 42.6 Å². The van der Waals surface area contributed by atoms with Crippen molar-refractivity contribution in [2.75, 3.05) is 5.73 Å². The first-order chi connectivity index (χ1) is 13.2. The topological polar surface area (TPSA) is 126 Å². The molecule has 1 aliphatic heterocycles. The number of likely N-dealkylation sites (tertiary alicyclic amines) is 1. The fourth-order valence-corrected chi connectivity index (χ4v) is 2.54. The average molecular weight is 388 g/mol. The molecule has 1 aromatic heterocycles. The number of carboxylic acid groups (broad SMARTS) is 1. The van der Waals surface area contributed by atoms with Crippen LogP contribution in [0.5, 0.6) is 0 Å². The Labute approximate surface area is 161 Å². The van der Waals surface area contributed by atoms with E-state index in [2.05, 4.69) is 10.3 Å². The monoisotopic (exact) mass is 388 g/mol. The Morgan fingerprint density at radius 3 is 2.57 bits per heavy atom. The fraction of sp³-hybridized carbons (Fsp3) is 0.263. The molecule has 2 aromatic rings. The molecule has 9 heteroatoms.